The number of benzene rings is 2. The first-order valence-electron chi connectivity index (χ1n) is 11.6. The maximum atomic E-state index is 13.4. The van der Waals surface area contributed by atoms with Crippen LogP contribution in [0.5, 0.6) is 5.75 Å². The van der Waals surface area contributed by atoms with Gasteiger partial charge in [-0.25, -0.2) is 13.2 Å². The zero-order valence-electron chi connectivity index (χ0n) is 19.5. The molecule has 0 radical (unpaired) electrons. The number of halogens is 1. The van der Waals surface area contributed by atoms with Crippen LogP contribution in [0.1, 0.15) is 39.1 Å². The van der Waals surface area contributed by atoms with Crippen molar-refractivity contribution in [1.29, 1.82) is 0 Å². The number of carbonyl (C=O) groups is 2. The molecule has 0 spiro atoms. The van der Waals surface area contributed by atoms with Crippen molar-refractivity contribution in [2.24, 2.45) is 5.41 Å². The van der Waals surface area contributed by atoms with Gasteiger partial charge in [0, 0.05) is 49.1 Å². The van der Waals surface area contributed by atoms with E-state index in [0.717, 1.165) is 30.3 Å². The Balaban J connectivity index is 1.32. The van der Waals surface area contributed by atoms with Crippen molar-refractivity contribution in [2.45, 2.75) is 24.3 Å². The number of amides is 1. The van der Waals surface area contributed by atoms with E-state index < -0.39 is 21.9 Å². The molecule has 2 heterocycles. The topological polar surface area (TPSA) is 93.2 Å². The summed E-state index contributed by atoms with van der Waals surface area (Å²) < 4.78 is 48.5. The molecule has 35 heavy (non-hydrogen) atoms. The molecule has 0 atom stereocenters. The van der Waals surface area contributed by atoms with Crippen LogP contribution in [0.25, 0.3) is 0 Å². The van der Waals surface area contributed by atoms with E-state index >= 15 is 0 Å². The number of ether oxygens (including phenoxy) is 2. The fourth-order valence-electron chi connectivity index (χ4n) is 4.41. The minimum atomic E-state index is -3.52. The predicted molar refractivity (Wildman–Crippen MR) is 126 cm³/mol. The van der Waals surface area contributed by atoms with Crippen LogP contribution < -0.4 is 9.64 Å². The first-order valence-corrected chi connectivity index (χ1v) is 13.5. The Morgan fingerprint density at radius 3 is 2.51 bits per heavy atom. The number of rotatable bonds is 7. The number of piperazine rings is 1. The maximum Gasteiger partial charge on any atom is 0.338 e. The predicted octanol–water partition coefficient (Wildman–Crippen LogP) is 2.85. The Labute approximate surface area is 203 Å². The molecule has 1 saturated heterocycles. The van der Waals surface area contributed by atoms with Crippen LogP contribution in [-0.2, 0) is 21.2 Å². The quantitative estimate of drug-likeness (QED) is 0.538. The highest BCUT2D eigenvalue weighted by molar-refractivity contribution is 7.90. The second-order valence-electron chi connectivity index (χ2n) is 9.55. The zero-order chi connectivity index (χ0) is 24.8. The number of sulfone groups is 1. The SMILES string of the molecule is CS(=O)(=O)c1ccc(OCC2(CF)CC2)c(C(=O)N2CCN(c3ccc4c(c3)COC4=O)CC2)c1. The number of hydrogen-bond donors (Lipinski definition) is 0. The van der Waals surface area contributed by atoms with Gasteiger partial charge >= 0.3 is 5.97 Å². The highest BCUT2D eigenvalue weighted by Gasteiger charge is 2.44. The van der Waals surface area contributed by atoms with Crippen LogP contribution in [0.15, 0.2) is 41.3 Å². The summed E-state index contributed by atoms with van der Waals surface area (Å²) in [5, 5.41) is 0. The minimum Gasteiger partial charge on any atom is -0.492 e. The Hall–Kier alpha value is -3.14. The van der Waals surface area contributed by atoms with Gasteiger partial charge in [0.15, 0.2) is 9.84 Å². The molecule has 1 aliphatic carbocycles. The van der Waals surface area contributed by atoms with Gasteiger partial charge in [-0.3, -0.25) is 9.18 Å². The second kappa shape index (κ2) is 8.82. The van der Waals surface area contributed by atoms with Crippen molar-refractivity contribution in [2.75, 3.05) is 50.6 Å². The number of hydrogen-bond acceptors (Lipinski definition) is 7. The summed E-state index contributed by atoms with van der Waals surface area (Å²) in [6.45, 7) is 1.95. The molecular formula is C25H27FN2O6S. The molecule has 10 heteroatoms. The number of anilines is 1. The Kier molecular flexibility index (Phi) is 5.94. The third-order valence-electron chi connectivity index (χ3n) is 6.98. The lowest BCUT2D eigenvalue weighted by Crippen LogP contribution is -2.49. The average Bonchev–Trinajstić information content (AvgIpc) is 3.56. The summed E-state index contributed by atoms with van der Waals surface area (Å²) in [5.74, 6) is -0.355. The smallest absolute Gasteiger partial charge is 0.338 e. The molecule has 2 fully saturated rings. The largest absolute Gasteiger partial charge is 0.492 e. The van der Waals surface area contributed by atoms with E-state index in [1.165, 1.54) is 18.2 Å². The van der Waals surface area contributed by atoms with Gasteiger partial charge in [0.25, 0.3) is 5.91 Å². The minimum absolute atomic E-state index is 0.0355. The lowest BCUT2D eigenvalue weighted by molar-refractivity contribution is 0.0534. The third kappa shape index (κ3) is 4.71. The van der Waals surface area contributed by atoms with E-state index in [2.05, 4.69) is 4.90 Å². The first kappa shape index (κ1) is 23.6. The molecule has 2 aromatic rings. The second-order valence-corrected chi connectivity index (χ2v) is 11.6. The summed E-state index contributed by atoms with van der Waals surface area (Å²) in [6.07, 6.45) is 2.56. The number of esters is 1. The molecule has 2 aliphatic heterocycles. The van der Waals surface area contributed by atoms with Gasteiger partial charge in [0.05, 0.1) is 29.3 Å². The van der Waals surface area contributed by atoms with Crippen molar-refractivity contribution in [3.8, 4) is 5.75 Å². The van der Waals surface area contributed by atoms with E-state index in [-0.39, 0.29) is 41.3 Å². The van der Waals surface area contributed by atoms with Crippen molar-refractivity contribution in [1.82, 2.24) is 4.90 Å². The summed E-state index contributed by atoms with van der Waals surface area (Å²) >= 11 is 0. The number of cyclic esters (lactones) is 1. The van der Waals surface area contributed by atoms with Crippen molar-refractivity contribution in [3.05, 3.63) is 53.1 Å². The van der Waals surface area contributed by atoms with E-state index in [1.807, 2.05) is 12.1 Å². The Morgan fingerprint density at radius 2 is 1.86 bits per heavy atom. The fourth-order valence-corrected chi connectivity index (χ4v) is 5.06. The number of fused-ring (bicyclic) bond motifs is 1. The molecule has 0 bridgehead atoms. The molecule has 8 nitrogen and oxygen atoms in total. The summed E-state index contributed by atoms with van der Waals surface area (Å²) in [7, 11) is -3.52. The fraction of sp³-hybridized carbons (Fsp3) is 0.440. The molecular weight excluding hydrogens is 475 g/mol. The molecule has 2 aromatic carbocycles. The standard InChI is InChI=1S/C25H27FN2O6S/c1-35(31,32)19-3-5-22(34-16-25(15-26)6-7-25)21(13-19)23(29)28-10-8-27(9-11-28)18-2-4-20-17(12-18)14-33-24(20)30/h2-5,12-13H,6-11,14-16H2,1H3. The van der Waals surface area contributed by atoms with Crippen LogP contribution in [-0.4, -0.2) is 70.9 Å². The molecule has 0 N–H and O–H groups in total. The van der Waals surface area contributed by atoms with Crippen LogP contribution >= 0.6 is 0 Å². The van der Waals surface area contributed by atoms with Gasteiger partial charge in [-0.15, -0.1) is 0 Å². The van der Waals surface area contributed by atoms with Gasteiger partial charge in [0.1, 0.15) is 12.4 Å². The lowest BCUT2D eigenvalue weighted by atomic mass is 10.1. The summed E-state index contributed by atoms with van der Waals surface area (Å²) in [4.78, 5) is 29.0. The van der Waals surface area contributed by atoms with Crippen molar-refractivity contribution >= 4 is 27.4 Å². The van der Waals surface area contributed by atoms with Crippen LogP contribution in [0, 0.1) is 5.41 Å². The molecule has 1 saturated carbocycles. The third-order valence-corrected chi connectivity index (χ3v) is 8.09. The molecule has 5 rings (SSSR count). The summed E-state index contributed by atoms with van der Waals surface area (Å²) in [6, 6.07) is 9.84. The van der Waals surface area contributed by atoms with Gasteiger partial charge < -0.3 is 19.3 Å². The highest BCUT2D eigenvalue weighted by Crippen LogP contribution is 2.46. The Morgan fingerprint density at radius 1 is 1.11 bits per heavy atom. The number of nitrogens with zero attached hydrogens (tertiary/aromatic N) is 2. The van der Waals surface area contributed by atoms with Gasteiger partial charge in [-0.05, 0) is 49.2 Å². The summed E-state index contributed by atoms with van der Waals surface area (Å²) in [5.41, 5.74) is 2.07. The maximum absolute atomic E-state index is 13.4. The normalized spacial score (nSPS) is 18.7. The molecule has 1 amide bonds. The molecule has 186 valence electrons. The van der Waals surface area contributed by atoms with Gasteiger partial charge in [-0.1, -0.05) is 0 Å². The van der Waals surface area contributed by atoms with E-state index in [1.54, 1.807) is 11.0 Å². The van der Waals surface area contributed by atoms with Crippen LogP contribution in [0.2, 0.25) is 0 Å². The van der Waals surface area contributed by atoms with Crippen LogP contribution in [0.3, 0.4) is 0 Å². The molecule has 0 aromatic heterocycles. The number of carbonyl (C=O) groups excluding carboxylic acids is 2. The van der Waals surface area contributed by atoms with Gasteiger partial charge in [-0.2, -0.15) is 0 Å². The van der Waals surface area contributed by atoms with E-state index in [9.17, 15) is 22.4 Å². The van der Waals surface area contributed by atoms with E-state index in [0.29, 0.717) is 31.7 Å². The van der Waals surface area contributed by atoms with Crippen LogP contribution in [0.4, 0.5) is 10.1 Å². The molecule has 0 unspecified atom stereocenters. The van der Waals surface area contributed by atoms with E-state index in [4.69, 9.17) is 9.47 Å². The average molecular weight is 503 g/mol. The monoisotopic (exact) mass is 502 g/mol. The first-order chi connectivity index (χ1) is 16.7. The van der Waals surface area contributed by atoms with Crippen molar-refractivity contribution in [3.63, 3.8) is 0 Å². The Bertz CT molecular complexity index is 1280. The van der Waals surface area contributed by atoms with Gasteiger partial charge in [0.2, 0.25) is 0 Å². The lowest BCUT2D eigenvalue weighted by Gasteiger charge is -2.36. The zero-order valence-corrected chi connectivity index (χ0v) is 20.3. The number of alkyl halides is 1. The van der Waals surface area contributed by atoms with Crippen molar-refractivity contribution < 1.29 is 31.9 Å². The highest BCUT2D eigenvalue weighted by atomic mass is 32.2. The molecule has 3 aliphatic rings.